The largest absolute Gasteiger partial charge is 0.371 e. The van der Waals surface area contributed by atoms with Gasteiger partial charge >= 0.3 is 0 Å². The molecule has 0 aliphatic carbocycles. The molecule has 1 fully saturated rings. The molecule has 4 rings (SSSR count). The van der Waals surface area contributed by atoms with Gasteiger partial charge in [-0.1, -0.05) is 18.2 Å². The zero-order valence-corrected chi connectivity index (χ0v) is 17.1. The molecule has 0 unspecified atom stereocenters. The van der Waals surface area contributed by atoms with Crippen LogP contribution in [0.25, 0.3) is 0 Å². The van der Waals surface area contributed by atoms with Crippen molar-refractivity contribution in [1.29, 1.82) is 0 Å². The number of fused-ring (bicyclic) bond motifs is 1. The third kappa shape index (κ3) is 4.22. The highest BCUT2D eigenvalue weighted by Crippen LogP contribution is 2.30. The van der Waals surface area contributed by atoms with Gasteiger partial charge in [-0.25, -0.2) is 0 Å². The van der Waals surface area contributed by atoms with Crippen molar-refractivity contribution in [1.82, 2.24) is 10.2 Å². The molecular formula is C22H27N3O2S. The maximum absolute atomic E-state index is 12.5. The fraction of sp³-hybridized carbons (Fsp3) is 0.455. The number of rotatable bonds is 5. The van der Waals surface area contributed by atoms with Crippen molar-refractivity contribution in [3.05, 3.63) is 51.7 Å². The van der Waals surface area contributed by atoms with Gasteiger partial charge in [0.25, 0.3) is 5.91 Å². The van der Waals surface area contributed by atoms with Crippen molar-refractivity contribution >= 4 is 28.8 Å². The first-order valence-corrected chi connectivity index (χ1v) is 10.9. The second-order valence-electron chi connectivity index (χ2n) is 7.74. The average molecular weight is 398 g/mol. The fourth-order valence-electron chi connectivity index (χ4n) is 4.18. The summed E-state index contributed by atoms with van der Waals surface area (Å²) in [6.45, 7) is 5.80. The number of anilines is 1. The van der Waals surface area contributed by atoms with E-state index in [1.807, 2.05) is 24.0 Å². The minimum Gasteiger partial charge on any atom is -0.371 e. The summed E-state index contributed by atoms with van der Waals surface area (Å²) < 4.78 is 0. The van der Waals surface area contributed by atoms with E-state index in [1.54, 1.807) is 0 Å². The van der Waals surface area contributed by atoms with Crippen molar-refractivity contribution in [2.24, 2.45) is 5.92 Å². The smallest absolute Gasteiger partial charge is 0.261 e. The van der Waals surface area contributed by atoms with Crippen molar-refractivity contribution in [2.75, 3.05) is 37.6 Å². The summed E-state index contributed by atoms with van der Waals surface area (Å²) >= 11 is 1.45. The summed E-state index contributed by atoms with van der Waals surface area (Å²) in [7, 11) is 0. The van der Waals surface area contributed by atoms with Crippen molar-refractivity contribution < 1.29 is 9.59 Å². The predicted molar refractivity (Wildman–Crippen MR) is 113 cm³/mol. The quantitative estimate of drug-likeness (QED) is 0.844. The number of likely N-dealkylation sites (tertiary alicyclic amines) is 1. The van der Waals surface area contributed by atoms with Crippen LogP contribution in [0.3, 0.4) is 0 Å². The zero-order chi connectivity index (χ0) is 19.5. The molecule has 0 bridgehead atoms. The van der Waals surface area contributed by atoms with Crippen LogP contribution in [-0.2, 0) is 11.2 Å². The van der Waals surface area contributed by atoms with E-state index in [4.69, 9.17) is 0 Å². The second-order valence-corrected chi connectivity index (χ2v) is 9.03. The number of aryl methyl sites for hydroxylation is 1. The topological polar surface area (TPSA) is 52.7 Å². The normalized spacial score (nSPS) is 16.9. The van der Waals surface area contributed by atoms with Crippen LogP contribution in [0.1, 0.15) is 33.0 Å². The number of nitrogens with one attached hydrogen (secondary N) is 1. The molecule has 28 heavy (non-hydrogen) atoms. The minimum atomic E-state index is -0.158. The molecule has 2 aliphatic heterocycles. The standard InChI is InChI=1S/C22H27N3O2S/c1-16-6-7-20(28-16)22(27)23-14-21(26)24-11-8-17(9-12-24)15-25-13-10-18-4-2-3-5-19(18)25/h2-7,17H,8-15H2,1H3,(H,23,27). The zero-order valence-electron chi connectivity index (χ0n) is 16.3. The third-order valence-electron chi connectivity index (χ3n) is 5.79. The Morgan fingerprint density at radius 3 is 2.64 bits per heavy atom. The van der Waals surface area contributed by atoms with Crippen LogP contribution in [0, 0.1) is 12.8 Å². The second kappa shape index (κ2) is 8.35. The van der Waals surface area contributed by atoms with Crippen molar-refractivity contribution in [3.63, 3.8) is 0 Å². The van der Waals surface area contributed by atoms with Gasteiger partial charge in [0.05, 0.1) is 11.4 Å². The maximum Gasteiger partial charge on any atom is 0.261 e. The molecule has 0 atom stereocenters. The van der Waals surface area contributed by atoms with Crippen LogP contribution in [-0.4, -0.2) is 49.4 Å². The third-order valence-corrected chi connectivity index (χ3v) is 6.79. The Morgan fingerprint density at radius 2 is 1.89 bits per heavy atom. The van der Waals surface area contributed by atoms with E-state index in [1.165, 1.54) is 22.6 Å². The van der Waals surface area contributed by atoms with Crippen LogP contribution >= 0.6 is 11.3 Å². The van der Waals surface area contributed by atoms with E-state index >= 15 is 0 Å². The summed E-state index contributed by atoms with van der Waals surface area (Å²) in [5.41, 5.74) is 2.83. The van der Waals surface area contributed by atoms with Crippen molar-refractivity contribution in [3.8, 4) is 0 Å². The van der Waals surface area contributed by atoms with Crippen LogP contribution in [0.4, 0.5) is 5.69 Å². The maximum atomic E-state index is 12.5. The first-order valence-electron chi connectivity index (χ1n) is 10.1. The molecule has 2 aromatic rings. The fourth-order valence-corrected chi connectivity index (χ4v) is 4.97. The Balaban J connectivity index is 1.22. The van der Waals surface area contributed by atoms with Crippen LogP contribution in [0.15, 0.2) is 36.4 Å². The average Bonchev–Trinajstić information content (AvgIpc) is 3.33. The summed E-state index contributed by atoms with van der Waals surface area (Å²) in [5.74, 6) is 0.486. The molecule has 1 aromatic heterocycles. The highest BCUT2D eigenvalue weighted by atomic mass is 32.1. The van der Waals surface area contributed by atoms with E-state index in [0.717, 1.165) is 50.3 Å². The Kier molecular flexibility index (Phi) is 5.67. The SMILES string of the molecule is Cc1ccc(C(=O)NCC(=O)N2CCC(CN3CCc4ccccc43)CC2)s1. The number of carbonyl (C=O) groups is 2. The number of carbonyl (C=O) groups excluding carboxylic acids is 2. The summed E-state index contributed by atoms with van der Waals surface area (Å²) in [5, 5.41) is 2.76. The Labute approximate surface area is 170 Å². The number of piperidine rings is 1. The van der Waals surface area contributed by atoms with Crippen LogP contribution < -0.4 is 10.2 Å². The summed E-state index contributed by atoms with van der Waals surface area (Å²) in [6.07, 6.45) is 3.20. The molecule has 1 aromatic carbocycles. The Hall–Kier alpha value is -2.34. The lowest BCUT2D eigenvalue weighted by atomic mass is 9.96. The number of amides is 2. The lowest BCUT2D eigenvalue weighted by molar-refractivity contribution is -0.131. The highest BCUT2D eigenvalue weighted by Gasteiger charge is 2.27. The van der Waals surface area contributed by atoms with E-state index < -0.39 is 0 Å². The van der Waals surface area contributed by atoms with Gasteiger partial charge in [-0.3, -0.25) is 9.59 Å². The number of para-hydroxylation sites is 1. The van der Waals surface area contributed by atoms with Crippen molar-refractivity contribution in [2.45, 2.75) is 26.2 Å². The van der Waals surface area contributed by atoms with Gasteiger partial charge in [0.2, 0.25) is 5.91 Å². The molecule has 148 valence electrons. The van der Waals surface area contributed by atoms with Crippen LogP contribution in [0.5, 0.6) is 0 Å². The minimum absolute atomic E-state index is 0.0200. The lowest BCUT2D eigenvalue weighted by Crippen LogP contribution is -2.45. The van der Waals surface area contributed by atoms with Gasteiger partial charge in [0.1, 0.15) is 0 Å². The molecule has 2 amide bonds. The van der Waals surface area contributed by atoms with E-state index in [-0.39, 0.29) is 18.4 Å². The van der Waals surface area contributed by atoms with Gasteiger partial charge in [0, 0.05) is 36.7 Å². The molecule has 3 heterocycles. The molecule has 2 aliphatic rings. The molecular weight excluding hydrogens is 370 g/mol. The lowest BCUT2D eigenvalue weighted by Gasteiger charge is -2.34. The van der Waals surface area contributed by atoms with Gasteiger partial charge in [-0.15, -0.1) is 11.3 Å². The first kappa shape index (κ1) is 19.0. The molecule has 5 nitrogen and oxygen atoms in total. The molecule has 0 spiro atoms. The number of nitrogens with zero attached hydrogens (tertiary/aromatic N) is 2. The Bertz CT molecular complexity index is 855. The van der Waals surface area contributed by atoms with Crippen LogP contribution in [0.2, 0.25) is 0 Å². The predicted octanol–water partition coefficient (Wildman–Crippen LogP) is 3.09. The number of hydrogen-bond acceptors (Lipinski definition) is 4. The summed E-state index contributed by atoms with van der Waals surface area (Å²) in [6, 6.07) is 12.4. The molecule has 1 saturated heterocycles. The molecule has 0 radical (unpaired) electrons. The van der Waals surface area contributed by atoms with Gasteiger partial charge in [-0.2, -0.15) is 0 Å². The first-order chi connectivity index (χ1) is 13.6. The van der Waals surface area contributed by atoms with Gasteiger partial charge in [0.15, 0.2) is 0 Å². The monoisotopic (exact) mass is 397 g/mol. The van der Waals surface area contributed by atoms with Gasteiger partial charge in [-0.05, 0) is 55.9 Å². The molecule has 1 N–H and O–H groups in total. The van der Waals surface area contributed by atoms with Gasteiger partial charge < -0.3 is 15.1 Å². The number of hydrogen-bond donors (Lipinski definition) is 1. The van der Waals surface area contributed by atoms with E-state index in [9.17, 15) is 9.59 Å². The molecule has 0 saturated carbocycles. The number of benzene rings is 1. The highest BCUT2D eigenvalue weighted by molar-refractivity contribution is 7.13. The van der Waals surface area contributed by atoms with E-state index in [2.05, 4.69) is 34.5 Å². The summed E-state index contributed by atoms with van der Waals surface area (Å²) in [4.78, 5) is 30.7. The molecule has 6 heteroatoms. The Morgan fingerprint density at radius 1 is 1.11 bits per heavy atom. The number of thiophene rings is 1. The van der Waals surface area contributed by atoms with E-state index in [0.29, 0.717) is 10.8 Å².